The van der Waals surface area contributed by atoms with Gasteiger partial charge in [0.15, 0.2) is 0 Å². The molecule has 1 atom stereocenters. The van der Waals surface area contributed by atoms with E-state index in [4.69, 9.17) is 4.98 Å². The van der Waals surface area contributed by atoms with Crippen LogP contribution >= 0.6 is 0 Å². The maximum absolute atomic E-state index is 12.6. The number of hydrogen-bond acceptors (Lipinski definition) is 3. The second-order valence-corrected chi connectivity index (χ2v) is 9.25. The van der Waals surface area contributed by atoms with Crippen LogP contribution in [0.15, 0.2) is 24.3 Å². The summed E-state index contributed by atoms with van der Waals surface area (Å²) in [7, 11) is 2.12. The second kappa shape index (κ2) is 5.32. The van der Waals surface area contributed by atoms with E-state index in [0.717, 1.165) is 31.4 Å². The highest BCUT2D eigenvalue weighted by Gasteiger charge is 2.53. The summed E-state index contributed by atoms with van der Waals surface area (Å²) in [5, 5.41) is 9.88. The van der Waals surface area contributed by atoms with Crippen LogP contribution in [0.4, 0.5) is 0 Å². The Hall–Kier alpha value is -1.88. The number of aromatic nitrogens is 2. The van der Waals surface area contributed by atoms with Crippen molar-refractivity contribution in [3.63, 3.8) is 0 Å². The Labute approximate surface area is 154 Å². The topological polar surface area (TPSA) is 58.4 Å². The normalized spacial score (nSPS) is 32.7. The summed E-state index contributed by atoms with van der Waals surface area (Å²) in [6.45, 7) is 3.61. The number of rotatable bonds is 2. The van der Waals surface area contributed by atoms with Crippen LogP contribution in [0.5, 0.6) is 0 Å². The minimum Gasteiger partial charge on any atom is -0.390 e. The number of likely N-dealkylation sites (tertiary alicyclic amines) is 1. The first-order valence-corrected chi connectivity index (χ1v) is 9.78. The van der Waals surface area contributed by atoms with Gasteiger partial charge in [0.1, 0.15) is 5.82 Å². The summed E-state index contributed by atoms with van der Waals surface area (Å²) in [4.78, 5) is 19.5. The van der Waals surface area contributed by atoms with E-state index >= 15 is 0 Å². The van der Waals surface area contributed by atoms with Gasteiger partial charge in [0.05, 0.1) is 16.6 Å². The highest BCUT2D eigenvalue weighted by atomic mass is 16.3. The maximum atomic E-state index is 12.6. The van der Waals surface area contributed by atoms with Crippen molar-refractivity contribution in [1.29, 1.82) is 0 Å². The van der Waals surface area contributed by atoms with Gasteiger partial charge in [0.25, 0.3) is 0 Å². The predicted octanol–water partition coefficient (Wildman–Crippen LogP) is 2.83. The number of benzene rings is 1. The number of imidazole rings is 1. The third kappa shape index (κ3) is 2.40. The number of para-hydroxylation sites is 2. The fourth-order valence-electron chi connectivity index (χ4n) is 5.60. The minimum absolute atomic E-state index is 0.0411. The van der Waals surface area contributed by atoms with Gasteiger partial charge in [-0.3, -0.25) is 4.79 Å². The molecule has 0 bridgehead atoms. The number of amides is 1. The standard InChI is InChI=1S/C21H27N3O2/c1-20(26)9-15(10-20)19(25)24-12-21(13-24)8-7-14(11-21)18-22-16-5-3-4-6-17(16)23(18)2/h3-6,14-15,26H,7-13H2,1-2H3. The zero-order valence-electron chi connectivity index (χ0n) is 15.6. The summed E-state index contributed by atoms with van der Waals surface area (Å²) in [6.07, 6.45) is 4.73. The zero-order chi connectivity index (χ0) is 18.1. The SMILES string of the molecule is Cn1c(C2CCC3(C2)CN(C(=O)C2CC(C)(O)C2)C3)nc2ccccc21. The molecule has 5 heteroatoms. The molecule has 2 aliphatic carbocycles. The molecule has 2 saturated carbocycles. The first kappa shape index (κ1) is 16.3. The molecule has 138 valence electrons. The summed E-state index contributed by atoms with van der Waals surface area (Å²) in [6, 6.07) is 8.33. The number of carbonyl (C=O) groups excluding carboxylic acids is 1. The molecule has 5 nitrogen and oxygen atoms in total. The van der Waals surface area contributed by atoms with Gasteiger partial charge in [-0.15, -0.1) is 0 Å². The predicted molar refractivity (Wildman–Crippen MR) is 99.7 cm³/mol. The van der Waals surface area contributed by atoms with Crippen molar-refractivity contribution in [2.24, 2.45) is 18.4 Å². The van der Waals surface area contributed by atoms with Crippen LogP contribution in [-0.2, 0) is 11.8 Å². The van der Waals surface area contributed by atoms with Crippen LogP contribution in [0.1, 0.15) is 50.8 Å². The van der Waals surface area contributed by atoms with Crippen molar-refractivity contribution in [2.45, 2.75) is 50.5 Å². The lowest BCUT2D eigenvalue weighted by molar-refractivity contribution is -0.161. The van der Waals surface area contributed by atoms with E-state index in [1.54, 1.807) is 0 Å². The Kier molecular flexibility index (Phi) is 3.34. The van der Waals surface area contributed by atoms with Crippen molar-refractivity contribution in [1.82, 2.24) is 14.5 Å². The molecule has 26 heavy (non-hydrogen) atoms. The fourth-order valence-corrected chi connectivity index (χ4v) is 5.60. The van der Waals surface area contributed by atoms with E-state index in [-0.39, 0.29) is 11.8 Å². The Bertz CT molecular complexity index is 871. The maximum Gasteiger partial charge on any atom is 0.225 e. The van der Waals surface area contributed by atoms with Gasteiger partial charge < -0.3 is 14.6 Å². The van der Waals surface area contributed by atoms with E-state index in [1.807, 2.05) is 17.9 Å². The minimum atomic E-state index is -0.623. The lowest BCUT2D eigenvalue weighted by Crippen LogP contribution is -2.61. The summed E-state index contributed by atoms with van der Waals surface area (Å²) < 4.78 is 2.25. The number of carbonyl (C=O) groups is 1. The molecule has 3 aliphatic rings. The highest BCUT2D eigenvalue weighted by molar-refractivity contribution is 5.81. The number of aliphatic hydroxyl groups is 1. The van der Waals surface area contributed by atoms with E-state index in [1.165, 1.54) is 17.8 Å². The molecular weight excluding hydrogens is 326 g/mol. The molecule has 5 rings (SSSR count). The number of aryl methyl sites for hydroxylation is 1. The van der Waals surface area contributed by atoms with E-state index in [0.29, 0.717) is 24.2 Å². The first-order valence-electron chi connectivity index (χ1n) is 9.78. The molecule has 0 radical (unpaired) electrons. The van der Waals surface area contributed by atoms with Crippen molar-refractivity contribution in [3.05, 3.63) is 30.1 Å². The Morgan fingerprint density at radius 1 is 1.23 bits per heavy atom. The summed E-state index contributed by atoms with van der Waals surface area (Å²) in [5.74, 6) is 1.99. The van der Waals surface area contributed by atoms with Gasteiger partial charge in [-0.1, -0.05) is 12.1 Å². The van der Waals surface area contributed by atoms with Crippen molar-refractivity contribution >= 4 is 16.9 Å². The molecule has 2 aromatic rings. The lowest BCUT2D eigenvalue weighted by Gasteiger charge is -2.52. The molecule has 1 saturated heterocycles. The molecule has 1 aromatic carbocycles. The monoisotopic (exact) mass is 353 g/mol. The molecule has 1 aliphatic heterocycles. The highest BCUT2D eigenvalue weighted by Crippen LogP contribution is 2.52. The van der Waals surface area contributed by atoms with E-state index < -0.39 is 5.60 Å². The molecule has 1 unspecified atom stereocenters. The average molecular weight is 353 g/mol. The molecule has 1 N–H and O–H groups in total. The Morgan fingerprint density at radius 3 is 2.65 bits per heavy atom. The van der Waals surface area contributed by atoms with Gasteiger partial charge in [0.2, 0.25) is 5.91 Å². The number of hydrogen-bond donors (Lipinski definition) is 1. The van der Waals surface area contributed by atoms with Crippen LogP contribution in [0.3, 0.4) is 0 Å². The Balaban J connectivity index is 1.25. The number of fused-ring (bicyclic) bond motifs is 1. The summed E-state index contributed by atoms with van der Waals surface area (Å²) in [5.41, 5.74) is 1.95. The van der Waals surface area contributed by atoms with Gasteiger partial charge in [-0.25, -0.2) is 4.98 Å². The smallest absolute Gasteiger partial charge is 0.225 e. The molecule has 1 spiro atoms. The second-order valence-electron chi connectivity index (χ2n) is 9.25. The zero-order valence-corrected chi connectivity index (χ0v) is 15.6. The van der Waals surface area contributed by atoms with Crippen LogP contribution in [0, 0.1) is 11.3 Å². The van der Waals surface area contributed by atoms with Crippen molar-refractivity contribution in [2.75, 3.05) is 13.1 Å². The van der Waals surface area contributed by atoms with E-state index in [2.05, 4.69) is 29.8 Å². The van der Waals surface area contributed by atoms with Gasteiger partial charge in [-0.05, 0) is 51.2 Å². The largest absolute Gasteiger partial charge is 0.390 e. The van der Waals surface area contributed by atoms with Crippen LogP contribution < -0.4 is 0 Å². The molecule has 1 aromatic heterocycles. The molecule has 2 heterocycles. The third-order valence-corrected chi connectivity index (χ3v) is 6.98. The van der Waals surface area contributed by atoms with Gasteiger partial charge in [-0.2, -0.15) is 0 Å². The van der Waals surface area contributed by atoms with Crippen LogP contribution in [0.2, 0.25) is 0 Å². The summed E-state index contributed by atoms with van der Waals surface area (Å²) >= 11 is 0. The average Bonchev–Trinajstić information content (AvgIpc) is 3.13. The third-order valence-electron chi connectivity index (χ3n) is 6.98. The first-order chi connectivity index (χ1) is 12.4. The molecule has 1 amide bonds. The van der Waals surface area contributed by atoms with Crippen LogP contribution in [-0.4, -0.2) is 44.2 Å². The Morgan fingerprint density at radius 2 is 1.96 bits per heavy atom. The quantitative estimate of drug-likeness (QED) is 0.903. The van der Waals surface area contributed by atoms with E-state index in [9.17, 15) is 9.90 Å². The van der Waals surface area contributed by atoms with Crippen LogP contribution in [0.25, 0.3) is 11.0 Å². The fraction of sp³-hybridized carbons (Fsp3) is 0.619. The molecule has 3 fully saturated rings. The van der Waals surface area contributed by atoms with Crippen molar-refractivity contribution in [3.8, 4) is 0 Å². The molecular formula is C21H27N3O2. The van der Waals surface area contributed by atoms with Crippen molar-refractivity contribution < 1.29 is 9.90 Å². The lowest BCUT2D eigenvalue weighted by atomic mass is 9.69. The number of nitrogens with zero attached hydrogens (tertiary/aromatic N) is 3. The van der Waals surface area contributed by atoms with Gasteiger partial charge in [0, 0.05) is 37.4 Å². The van der Waals surface area contributed by atoms with Gasteiger partial charge >= 0.3 is 0 Å².